The topological polar surface area (TPSA) is 169 Å². The number of carbonyl (C=O) groups excluding carboxylic acids is 4. The van der Waals surface area contributed by atoms with Gasteiger partial charge in [0, 0.05) is 19.5 Å². The van der Waals surface area contributed by atoms with Crippen LogP contribution in [0.1, 0.15) is 13.0 Å². The lowest BCUT2D eigenvalue weighted by Crippen LogP contribution is -2.73. The fourth-order valence-electron chi connectivity index (χ4n) is 5.31. The molecule has 0 bridgehead atoms. The third-order valence-corrected chi connectivity index (χ3v) is 6.92. The van der Waals surface area contributed by atoms with Crippen LogP contribution in [-0.4, -0.2) is 74.1 Å². The summed E-state index contributed by atoms with van der Waals surface area (Å²) in [4.78, 5) is 53.0. The third-order valence-electron chi connectivity index (χ3n) is 6.92. The summed E-state index contributed by atoms with van der Waals surface area (Å²) >= 11 is 0. The van der Waals surface area contributed by atoms with Gasteiger partial charge in [0.1, 0.15) is 6.61 Å². The first-order valence-corrected chi connectivity index (χ1v) is 10.6. The Morgan fingerprint density at radius 3 is 2.66 bits per heavy atom. The SMILES string of the molecule is C.NCC1COC(=O)N1c1noc2c(F)c3c(cc12)CC1(C(=O)NC(=O)NC1=O)C1COCCN31. The molecule has 14 heteroatoms. The molecule has 4 aliphatic heterocycles. The van der Waals surface area contributed by atoms with Gasteiger partial charge in [0.15, 0.2) is 17.1 Å². The molecule has 2 aromatic rings. The van der Waals surface area contributed by atoms with E-state index in [0.717, 1.165) is 0 Å². The van der Waals surface area contributed by atoms with Crippen LogP contribution in [0.2, 0.25) is 0 Å². The van der Waals surface area contributed by atoms with Gasteiger partial charge in [0.2, 0.25) is 17.4 Å². The highest BCUT2D eigenvalue weighted by Gasteiger charge is 2.61. The minimum atomic E-state index is -1.73. The van der Waals surface area contributed by atoms with E-state index in [2.05, 4.69) is 15.8 Å². The molecule has 5 amide bonds. The smallest absolute Gasteiger partial charge is 0.416 e. The number of nitrogens with zero attached hydrogens (tertiary/aromatic N) is 3. The summed E-state index contributed by atoms with van der Waals surface area (Å²) in [5.41, 5.74) is 4.31. The van der Waals surface area contributed by atoms with Crippen LogP contribution >= 0.6 is 0 Å². The molecule has 186 valence electrons. The van der Waals surface area contributed by atoms with Gasteiger partial charge in [-0.1, -0.05) is 12.6 Å². The molecule has 13 nitrogen and oxygen atoms in total. The lowest BCUT2D eigenvalue weighted by Gasteiger charge is -2.51. The molecule has 1 aromatic heterocycles. The number of rotatable bonds is 2. The Labute approximate surface area is 197 Å². The normalized spacial score (nSPS) is 25.1. The molecule has 0 radical (unpaired) electrons. The summed E-state index contributed by atoms with van der Waals surface area (Å²) in [6, 6.07) is -0.747. The number of halogens is 1. The van der Waals surface area contributed by atoms with Gasteiger partial charge in [-0.25, -0.2) is 14.0 Å². The molecule has 6 rings (SSSR count). The van der Waals surface area contributed by atoms with Crippen molar-refractivity contribution in [2.24, 2.45) is 11.1 Å². The van der Waals surface area contributed by atoms with Gasteiger partial charge in [-0.2, -0.15) is 0 Å². The molecule has 2 atom stereocenters. The first-order valence-electron chi connectivity index (χ1n) is 10.6. The second kappa shape index (κ2) is 7.88. The molecular formula is C21H23FN6O7. The summed E-state index contributed by atoms with van der Waals surface area (Å²) in [5.74, 6) is -2.28. The van der Waals surface area contributed by atoms with Crippen molar-refractivity contribution in [1.29, 1.82) is 0 Å². The maximum atomic E-state index is 15.9. The van der Waals surface area contributed by atoms with E-state index >= 15 is 4.39 Å². The second-order valence-electron chi connectivity index (χ2n) is 8.59. The molecular weight excluding hydrogens is 467 g/mol. The fourth-order valence-corrected chi connectivity index (χ4v) is 5.31. The molecule has 5 heterocycles. The monoisotopic (exact) mass is 490 g/mol. The number of aromatic nitrogens is 1. The highest BCUT2D eigenvalue weighted by atomic mass is 19.1. The van der Waals surface area contributed by atoms with Gasteiger partial charge in [-0.15, -0.1) is 0 Å². The molecule has 2 unspecified atom stereocenters. The van der Waals surface area contributed by atoms with E-state index in [4.69, 9.17) is 19.7 Å². The van der Waals surface area contributed by atoms with E-state index in [0.29, 0.717) is 5.56 Å². The van der Waals surface area contributed by atoms with Crippen molar-refractivity contribution in [2.45, 2.75) is 25.9 Å². The van der Waals surface area contributed by atoms with Gasteiger partial charge in [0.05, 0.1) is 36.4 Å². The molecule has 3 fully saturated rings. The van der Waals surface area contributed by atoms with Crippen molar-refractivity contribution in [3.63, 3.8) is 0 Å². The van der Waals surface area contributed by atoms with Crippen molar-refractivity contribution in [2.75, 3.05) is 42.7 Å². The largest absolute Gasteiger partial charge is 0.447 e. The van der Waals surface area contributed by atoms with Crippen molar-refractivity contribution >= 4 is 46.4 Å². The number of anilines is 2. The van der Waals surface area contributed by atoms with Crippen LogP contribution in [-0.2, 0) is 25.5 Å². The van der Waals surface area contributed by atoms with Gasteiger partial charge in [-0.05, 0) is 11.6 Å². The number of carbonyl (C=O) groups is 4. The molecule has 1 spiro atoms. The number of nitrogens with two attached hydrogens (primary N) is 1. The Morgan fingerprint density at radius 1 is 1.20 bits per heavy atom. The predicted molar refractivity (Wildman–Crippen MR) is 117 cm³/mol. The van der Waals surface area contributed by atoms with Gasteiger partial charge >= 0.3 is 12.1 Å². The number of nitrogens with one attached hydrogen (secondary N) is 2. The Hall–Kier alpha value is -3.78. The maximum absolute atomic E-state index is 15.9. The van der Waals surface area contributed by atoms with Crippen molar-refractivity contribution < 1.29 is 37.6 Å². The number of urea groups is 1. The lowest BCUT2D eigenvalue weighted by molar-refractivity contribution is -0.148. The maximum Gasteiger partial charge on any atom is 0.416 e. The average molecular weight is 490 g/mol. The highest BCUT2D eigenvalue weighted by molar-refractivity contribution is 6.20. The fraction of sp³-hybridized carbons (Fsp3) is 0.476. The van der Waals surface area contributed by atoms with Crippen molar-refractivity contribution in [1.82, 2.24) is 15.8 Å². The molecule has 1 aromatic carbocycles. The molecule has 35 heavy (non-hydrogen) atoms. The number of benzene rings is 1. The Morgan fingerprint density at radius 2 is 1.94 bits per heavy atom. The minimum absolute atomic E-state index is 0. The number of ether oxygens (including phenoxy) is 2. The number of barbiturate groups is 1. The second-order valence-corrected chi connectivity index (χ2v) is 8.59. The summed E-state index contributed by atoms with van der Waals surface area (Å²) in [7, 11) is 0. The lowest BCUT2D eigenvalue weighted by atomic mass is 9.68. The van der Waals surface area contributed by atoms with E-state index in [1.807, 2.05) is 0 Å². The molecule has 0 saturated carbocycles. The molecule has 0 aliphatic carbocycles. The first-order chi connectivity index (χ1) is 16.4. The number of morpholine rings is 1. The molecule has 4 N–H and O–H groups in total. The summed E-state index contributed by atoms with van der Waals surface area (Å²) in [5, 5.41) is 8.40. The zero-order chi connectivity index (χ0) is 23.8. The predicted octanol–water partition coefficient (Wildman–Crippen LogP) is 0.000600. The summed E-state index contributed by atoms with van der Waals surface area (Å²) in [6.07, 6.45) is -0.905. The van der Waals surface area contributed by atoms with Crippen LogP contribution in [0.4, 0.5) is 25.5 Å². The zero-order valence-corrected chi connectivity index (χ0v) is 17.6. The van der Waals surface area contributed by atoms with Crippen LogP contribution in [0.15, 0.2) is 10.6 Å². The van der Waals surface area contributed by atoms with Crippen LogP contribution < -0.4 is 26.2 Å². The summed E-state index contributed by atoms with van der Waals surface area (Å²) < 4.78 is 31.8. The number of cyclic esters (lactones) is 1. The number of fused-ring (bicyclic) bond motifs is 5. The van der Waals surface area contributed by atoms with Gasteiger partial charge in [-0.3, -0.25) is 25.1 Å². The first kappa shape index (κ1) is 23.0. The van der Waals surface area contributed by atoms with Gasteiger partial charge < -0.3 is 24.6 Å². The van der Waals surface area contributed by atoms with E-state index in [9.17, 15) is 19.2 Å². The Bertz CT molecular complexity index is 1260. The highest BCUT2D eigenvalue weighted by Crippen LogP contribution is 2.48. The minimum Gasteiger partial charge on any atom is -0.447 e. The van der Waals surface area contributed by atoms with E-state index in [1.54, 1.807) is 11.0 Å². The van der Waals surface area contributed by atoms with Crippen LogP contribution in [0.25, 0.3) is 11.0 Å². The standard InChI is InChI=1S/C20H19FN6O7.CH4/c21-12-13-8(3-10-14(12)34-25-15(10)27-9(5-22)6-33-19(27)31)4-20(11-7-32-2-1-26(11)13)16(28)23-18(30)24-17(20)29;/h3,9,11H,1-2,4-7,22H2,(H2,23,24,28,29,30);1H4. The van der Waals surface area contributed by atoms with E-state index in [1.165, 1.54) is 4.90 Å². The zero-order valence-electron chi connectivity index (χ0n) is 17.6. The molecule has 3 saturated heterocycles. The van der Waals surface area contributed by atoms with Gasteiger partial charge in [0.25, 0.3) is 0 Å². The van der Waals surface area contributed by atoms with E-state index in [-0.39, 0.29) is 69.2 Å². The van der Waals surface area contributed by atoms with Crippen LogP contribution in [0.5, 0.6) is 0 Å². The van der Waals surface area contributed by atoms with Crippen LogP contribution in [0, 0.1) is 11.2 Å². The van der Waals surface area contributed by atoms with Crippen molar-refractivity contribution in [3.05, 3.63) is 17.4 Å². The van der Waals surface area contributed by atoms with E-state index < -0.39 is 47.3 Å². The molecule has 4 aliphatic rings. The summed E-state index contributed by atoms with van der Waals surface area (Å²) in [6.45, 7) is 0.548. The average Bonchev–Trinajstić information content (AvgIpc) is 3.39. The Balaban J connectivity index is 0.00000253. The quantitative estimate of drug-likeness (QED) is 0.487. The van der Waals surface area contributed by atoms with Crippen LogP contribution in [0.3, 0.4) is 0 Å². The van der Waals surface area contributed by atoms with Crippen molar-refractivity contribution in [3.8, 4) is 0 Å². The number of imide groups is 2. The number of hydrogen-bond acceptors (Lipinski definition) is 10. The number of hydrogen-bond donors (Lipinski definition) is 3. The number of amides is 5. The Kier molecular flexibility index (Phi) is 5.18. The third kappa shape index (κ3) is 2.96.